The number of hydrogen-bond acceptors (Lipinski definition) is 5. The van der Waals surface area contributed by atoms with Gasteiger partial charge in [0.1, 0.15) is 0 Å². The lowest BCUT2D eigenvalue weighted by atomic mass is 10.1. The maximum Gasteiger partial charge on any atom is 0.360 e. The molecule has 7 nitrogen and oxygen atoms in total. The number of carbonyl (C=O) groups excluding carboxylic acids is 2. The fourth-order valence-corrected chi connectivity index (χ4v) is 2.73. The minimum atomic E-state index is -1.74. The van der Waals surface area contributed by atoms with Gasteiger partial charge in [0, 0.05) is 11.9 Å². The molecule has 30 heavy (non-hydrogen) atoms. The Balaban J connectivity index is 1.84. The van der Waals surface area contributed by atoms with Crippen molar-refractivity contribution in [3.8, 4) is 0 Å². The Morgan fingerprint density at radius 2 is 1.77 bits per heavy atom. The van der Waals surface area contributed by atoms with Crippen LogP contribution in [0.4, 0.5) is 18.9 Å². The molecule has 3 rings (SSSR count). The first-order valence-electron chi connectivity index (χ1n) is 8.89. The molecule has 1 amide bonds. The van der Waals surface area contributed by atoms with Crippen molar-refractivity contribution in [3.63, 3.8) is 0 Å². The van der Waals surface area contributed by atoms with E-state index in [0.29, 0.717) is 6.07 Å². The number of halogens is 3. The first-order chi connectivity index (χ1) is 14.2. The second kappa shape index (κ2) is 8.36. The van der Waals surface area contributed by atoms with Gasteiger partial charge in [-0.05, 0) is 32.0 Å². The van der Waals surface area contributed by atoms with Gasteiger partial charge in [0.05, 0.1) is 11.1 Å². The van der Waals surface area contributed by atoms with Crippen LogP contribution < -0.4 is 10.9 Å². The molecule has 1 atom stereocenters. The Morgan fingerprint density at radius 1 is 1.10 bits per heavy atom. The second-order valence-corrected chi connectivity index (χ2v) is 6.27. The van der Waals surface area contributed by atoms with E-state index in [4.69, 9.17) is 4.74 Å². The summed E-state index contributed by atoms with van der Waals surface area (Å²) in [6.45, 7) is 3.09. The number of benzene rings is 2. The zero-order valence-electron chi connectivity index (χ0n) is 15.9. The maximum absolute atomic E-state index is 13.7. The maximum atomic E-state index is 13.7. The molecule has 1 N–H and O–H groups in total. The molecule has 0 saturated carbocycles. The highest BCUT2D eigenvalue weighted by Gasteiger charge is 2.24. The summed E-state index contributed by atoms with van der Waals surface area (Å²) in [4.78, 5) is 37.2. The standard InChI is InChI=1S/C20H16F3N3O4/c1-3-26-19(28)12-7-5-4-6-11(12)17(25-26)20(29)30-10(2)18(27)24-14-9-8-13(21)15(22)16(14)23/h4-10H,3H2,1-2H3,(H,24,27)/t10-/m1/s1. The molecule has 0 aliphatic heterocycles. The van der Waals surface area contributed by atoms with Crippen LogP contribution in [-0.4, -0.2) is 27.8 Å². The van der Waals surface area contributed by atoms with Gasteiger partial charge in [0.15, 0.2) is 29.2 Å². The van der Waals surface area contributed by atoms with Crippen molar-refractivity contribution in [2.75, 3.05) is 5.32 Å². The van der Waals surface area contributed by atoms with E-state index in [0.717, 1.165) is 10.7 Å². The largest absolute Gasteiger partial charge is 0.448 e. The Bertz CT molecular complexity index is 1210. The summed E-state index contributed by atoms with van der Waals surface area (Å²) in [5.41, 5.74) is -1.17. The number of rotatable bonds is 5. The van der Waals surface area contributed by atoms with Gasteiger partial charge < -0.3 is 10.1 Å². The van der Waals surface area contributed by atoms with Gasteiger partial charge in [-0.25, -0.2) is 22.6 Å². The predicted octanol–water partition coefficient (Wildman–Crippen LogP) is 3.02. The molecule has 1 aromatic heterocycles. The van der Waals surface area contributed by atoms with Gasteiger partial charge in [-0.15, -0.1) is 0 Å². The molecule has 0 aliphatic carbocycles. The average molecular weight is 419 g/mol. The first-order valence-corrected chi connectivity index (χ1v) is 8.89. The van der Waals surface area contributed by atoms with Crippen LogP contribution in [0.5, 0.6) is 0 Å². The van der Waals surface area contributed by atoms with E-state index in [2.05, 4.69) is 5.10 Å². The van der Waals surface area contributed by atoms with Crippen molar-refractivity contribution in [3.05, 3.63) is 69.9 Å². The van der Waals surface area contributed by atoms with E-state index in [-0.39, 0.29) is 28.6 Å². The number of ether oxygens (including phenoxy) is 1. The van der Waals surface area contributed by atoms with E-state index in [1.54, 1.807) is 19.1 Å². The monoisotopic (exact) mass is 419 g/mol. The Hall–Kier alpha value is -3.69. The highest BCUT2D eigenvalue weighted by atomic mass is 19.2. The normalized spacial score (nSPS) is 11.9. The second-order valence-electron chi connectivity index (χ2n) is 6.27. The SMILES string of the molecule is CCn1nc(C(=O)O[C@H](C)C(=O)Nc2ccc(F)c(F)c2F)c2ccccc2c1=O. The van der Waals surface area contributed by atoms with Crippen molar-refractivity contribution in [1.29, 1.82) is 0 Å². The number of fused-ring (bicyclic) bond motifs is 1. The lowest BCUT2D eigenvalue weighted by Crippen LogP contribution is -2.32. The van der Waals surface area contributed by atoms with Gasteiger partial charge >= 0.3 is 5.97 Å². The van der Waals surface area contributed by atoms with Crippen LogP contribution in [0.2, 0.25) is 0 Å². The number of aryl methyl sites for hydroxylation is 1. The quantitative estimate of drug-likeness (QED) is 0.507. The smallest absolute Gasteiger partial charge is 0.360 e. The van der Waals surface area contributed by atoms with E-state index >= 15 is 0 Å². The minimum Gasteiger partial charge on any atom is -0.448 e. The third-order valence-electron chi connectivity index (χ3n) is 4.31. The summed E-state index contributed by atoms with van der Waals surface area (Å²) in [6.07, 6.45) is -1.42. The molecule has 0 aliphatic rings. The van der Waals surface area contributed by atoms with Crippen LogP contribution in [0.25, 0.3) is 10.8 Å². The van der Waals surface area contributed by atoms with Crippen LogP contribution in [0.15, 0.2) is 41.2 Å². The Labute approximate surface area is 168 Å². The Morgan fingerprint density at radius 3 is 2.43 bits per heavy atom. The molecule has 0 bridgehead atoms. The van der Waals surface area contributed by atoms with Gasteiger partial charge in [-0.1, -0.05) is 18.2 Å². The summed E-state index contributed by atoms with van der Waals surface area (Å²) in [7, 11) is 0. The number of hydrogen-bond donors (Lipinski definition) is 1. The fraction of sp³-hybridized carbons (Fsp3) is 0.200. The van der Waals surface area contributed by atoms with Crippen LogP contribution in [0.3, 0.4) is 0 Å². The molecule has 0 unspecified atom stereocenters. The number of nitrogens with one attached hydrogen (secondary N) is 1. The summed E-state index contributed by atoms with van der Waals surface area (Å²) in [6, 6.07) is 7.77. The topological polar surface area (TPSA) is 90.3 Å². The molecular weight excluding hydrogens is 403 g/mol. The van der Waals surface area contributed by atoms with Crippen molar-refractivity contribution >= 4 is 28.3 Å². The van der Waals surface area contributed by atoms with E-state index in [1.165, 1.54) is 19.1 Å². The van der Waals surface area contributed by atoms with Crippen LogP contribution in [-0.2, 0) is 16.1 Å². The molecule has 0 saturated heterocycles. The Kier molecular flexibility index (Phi) is 5.86. The lowest BCUT2D eigenvalue weighted by Gasteiger charge is -2.15. The third-order valence-corrected chi connectivity index (χ3v) is 4.31. The summed E-state index contributed by atoms with van der Waals surface area (Å²) < 4.78 is 46.2. The minimum absolute atomic E-state index is 0.175. The molecule has 10 heteroatoms. The fourth-order valence-electron chi connectivity index (χ4n) is 2.73. The molecule has 0 radical (unpaired) electrons. The van der Waals surface area contributed by atoms with E-state index in [9.17, 15) is 27.6 Å². The zero-order valence-corrected chi connectivity index (χ0v) is 15.9. The highest BCUT2D eigenvalue weighted by Crippen LogP contribution is 2.20. The van der Waals surface area contributed by atoms with Gasteiger partial charge in [0.25, 0.3) is 11.5 Å². The number of aromatic nitrogens is 2. The molecule has 3 aromatic rings. The first kappa shape index (κ1) is 21.0. The summed E-state index contributed by atoms with van der Waals surface area (Å²) in [5, 5.41) is 6.53. The number of anilines is 1. The van der Waals surface area contributed by atoms with Gasteiger partial charge in [-0.2, -0.15) is 5.10 Å². The molecule has 0 spiro atoms. The molecule has 0 fully saturated rings. The molecule has 1 heterocycles. The molecule has 2 aromatic carbocycles. The number of nitrogens with zero attached hydrogens (tertiary/aromatic N) is 2. The van der Waals surface area contributed by atoms with Crippen molar-refractivity contribution in [1.82, 2.24) is 9.78 Å². The van der Waals surface area contributed by atoms with Crippen LogP contribution in [0, 0.1) is 17.5 Å². The lowest BCUT2D eigenvalue weighted by molar-refractivity contribution is -0.123. The van der Waals surface area contributed by atoms with Crippen LogP contribution in [0.1, 0.15) is 24.3 Å². The molecular formula is C20H16F3N3O4. The van der Waals surface area contributed by atoms with E-state index < -0.39 is 41.1 Å². The zero-order chi connectivity index (χ0) is 22.0. The summed E-state index contributed by atoms with van der Waals surface area (Å²) >= 11 is 0. The van der Waals surface area contributed by atoms with E-state index in [1.807, 2.05) is 5.32 Å². The van der Waals surface area contributed by atoms with Gasteiger partial charge in [-0.3, -0.25) is 9.59 Å². The third kappa shape index (κ3) is 3.88. The van der Waals surface area contributed by atoms with Gasteiger partial charge in [0.2, 0.25) is 0 Å². The molecule has 156 valence electrons. The number of amides is 1. The van der Waals surface area contributed by atoms with Crippen molar-refractivity contribution in [2.24, 2.45) is 0 Å². The summed E-state index contributed by atoms with van der Waals surface area (Å²) in [5.74, 6) is -6.68. The number of esters is 1. The van der Waals surface area contributed by atoms with Crippen LogP contribution >= 0.6 is 0 Å². The van der Waals surface area contributed by atoms with Crippen molar-refractivity contribution in [2.45, 2.75) is 26.5 Å². The van der Waals surface area contributed by atoms with Crippen molar-refractivity contribution < 1.29 is 27.5 Å². The average Bonchev–Trinajstić information content (AvgIpc) is 2.74. The number of carbonyl (C=O) groups is 2. The highest BCUT2D eigenvalue weighted by molar-refractivity contribution is 6.03. The predicted molar refractivity (Wildman–Crippen MR) is 102 cm³/mol.